The van der Waals surface area contributed by atoms with E-state index in [-0.39, 0.29) is 6.10 Å². The average Bonchev–Trinajstić information content (AvgIpc) is 3.23. The van der Waals surface area contributed by atoms with Gasteiger partial charge in [0.2, 0.25) is 8.45 Å². The molecule has 1 saturated heterocycles. The Hall–Kier alpha value is -2.66. The second kappa shape index (κ2) is 8.60. The molecule has 0 radical (unpaired) electrons. The summed E-state index contributed by atoms with van der Waals surface area (Å²) >= 11 is 5.50. The lowest BCUT2D eigenvalue weighted by molar-refractivity contribution is 0.228. The molecule has 0 bridgehead atoms. The van der Waals surface area contributed by atoms with Crippen molar-refractivity contribution in [2.24, 2.45) is 0 Å². The Morgan fingerprint density at radius 2 is 1.57 bits per heavy atom. The molecule has 0 aliphatic carbocycles. The number of rotatable bonds is 4. The maximum absolute atomic E-state index is 6.67. The summed E-state index contributed by atoms with van der Waals surface area (Å²) in [7, 11) is -0.901. The van der Waals surface area contributed by atoms with Crippen molar-refractivity contribution in [1.82, 2.24) is 5.32 Å². The molecule has 0 amide bonds. The van der Waals surface area contributed by atoms with Crippen LogP contribution in [0.5, 0.6) is 0 Å². The Balaban J connectivity index is 1.33. The molecule has 1 fully saturated rings. The first-order valence-corrected chi connectivity index (χ1v) is 11.6. The van der Waals surface area contributed by atoms with Gasteiger partial charge in [0, 0.05) is 42.3 Å². The molecule has 5 rings (SSSR count). The first-order chi connectivity index (χ1) is 14.8. The van der Waals surface area contributed by atoms with Crippen molar-refractivity contribution in [3.05, 3.63) is 90.5 Å². The molecule has 2 atom stereocenters. The molecule has 2 aliphatic heterocycles. The van der Waals surface area contributed by atoms with Gasteiger partial charge in [0.05, 0.1) is 0 Å². The molecule has 2 heterocycles. The zero-order chi connectivity index (χ0) is 20.3. The third-order valence-electron chi connectivity index (χ3n) is 5.25. The van der Waals surface area contributed by atoms with Crippen molar-refractivity contribution in [1.29, 1.82) is 0 Å². The van der Waals surface area contributed by atoms with Crippen molar-refractivity contribution >= 4 is 42.8 Å². The Morgan fingerprint density at radius 3 is 2.37 bits per heavy atom. The van der Waals surface area contributed by atoms with Crippen molar-refractivity contribution in [2.75, 3.05) is 34.3 Å². The minimum absolute atomic E-state index is 0.0663. The number of nitrogens with one attached hydrogen (secondary N) is 2. The van der Waals surface area contributed by atoms with Crippen molar-refractivity contribution in [3.63, 3.8) is 0 Å². The van der Waals surface area contributed by atoms with E-state index < -0.39 is 8.45 Å². The predicted molar refractivity (Wildman–Crippen MR) is 129 cm³/mol. The molecule has 30 heavy (non-hydrogen) atoms. The van der Waals surface area contributed by atoms with Crippen LogP contribution >= 0.6 is 20.7 Å². The third-order valence-corrected chi connectivity index (χ3v) is 7.62. The van der Waals surface area contributed by atoms with Crippen LogP contribution in [0.2, 0.25) is 0 Å². The summed E-state index contributed by atoms with van der Waals surface area (Å²) in [6.07, 6.45) is -0.0663. The van der Waals surface area contributed by atoms with Crippen LogP contribution in [0, 0.1) is 0 Å². The molecule has 7 heteroatoms. The number of hydrogen-bond donors (Lipinski definition) is 2. The van der Waals surface area contributed by atoms with Gasteiger partial charge >= 0.3 is 0 Å². The van der Waals surface area contributed by atoms with Crippen LogP contribution in [0.3, 0.4) is 0 Å². The molecule has 0 aromatic heterocycles. The van der Waals surface area contributed by atoms with Crippen LogP contribution in [-0.4, -0.2) is 24.7 Å². The fourth-order valence-electron chi connectivity index (χ4n) is 3.84. The third kappa shape index (κ3) is 3.86. The van der Waals surface area contributed by atoms with Gasteiger partial charge in [-0.05, 0) is 42.5 Å². The summed E-state index contributed by atoms with van der Waals surface area (Å²) in [4.78, 5) is 0. The second-order valence-electron chi connectivity index (χ2n) is 7.19. The number of benzene rings is 3. The Bertz CT molecular complexity index is 1020. The highest BCUT2D eigenvalue weighted by molar-refractivity contribution is 7.80. The van der Waals surface area contributed by atoms with E-state index in [4.69, 9.17) is 16.7 Å². The normalized spacial score (nSPS) is 19.7. The smallest absolute Gasteiger partial charge is 0.249 e. The van der Waals surface area contributed by atoms with Crippen LogP contribution in [0.1, 0.15) is 11.7 Å². The molecule has 2 N–H and O–H groups in total. The van der Waals surface area contributed by atoms with Crippen LogP contribution in [0.25, 0.3) is 0 Å². The van der Waals surface area contributed by atoms with Crippen LogP contribution in [0.15, 0.2) is 84.9 Å². The number of hydrogen-bond acceptors (Lipinski definition) is 4. The molecular formula is C23H23N4OPS. The van der Waals surface area contributed by atoms with E-state index in [9.17, 15) is 0 Å². The van der Waals surface area contributed by atoms with Gasteiger partial charge in [0.1, 0.15) is 6.10 Å². The zero-order valence-corrected chi connectivity index (χ0v) is 18.2. The van der Waals surface area contributed by atoms with Gasteiger partial charge < -0.3 is 24.5 Å². The molecule has 3 aromatic rings. The number of anilines is 3. The van der Waals surface area contributed by atoms with Crippen molar-refractivity contribution in [2.45, 2.75) is 6.10 Å². The van der Waals surface area contributed by atoms with Gasteiger partial charge in [0.25, 0.3) is 0 Å². The quantitative estimate of drug-likeness (QED) is 0.429. The zero-order valence-electron chi connectivity index (χ0n) is 16.4. The topological polar surface area (TPSA) is 39.8 Å². The van der Waals surface area contributed by atoms with Gasteiger partial charge in [-0.2, -0.15) is 0 Å². The fourth-order valence-corrected chi connectivity index (χ4v) is 6.16. The number of para-hydroxylation sites is 3. The van der Waals surface area contributed by atoms with Gasteiger partial charge in [-0.15, -0.1) is 0 Å². The largest absolute Gasteiger partial charge is 0.359 e. The van der Waals surface area contributed by atoms with E-state index in [1.165, 1.54) is 16.9 Å². The minimum atomic E-state index is -0.901. The molecule has 1 unspecified atom stereocenters. The molecule has 3 aromatic carbocycles. The number of thiocarbonyl (C=S) groups is 1. The molecule has 0 spiro atoms. The maximum Gasteiger partial charge on any atom is 0.249 e. The fraction of sp³-hybridized carbons (Fsp3) is 0.174. The van der Waals surface area contributed by atoms with E-state index in [1.54, 1.807) is 0 Å². The van der Waals surface area contributed by atoms with E-state index in [0.717, 1.165) is 18.8 Å². The molecule has 2 aliphatic rings. The summed E-state index contributed by atoms with van der Waals surface area (Å²) in [5.74, 6) is 0. The van der Waals surface area contributed by atoms with E-state index >= 15 is 0 Å². The molecular weight excluding hydrogens is 411 g/mol. The molecule has 152 valence electrons. The number of fused-ring (bicyclic) bond motifs is 3. The summed E-state index contributed by atoms with van der Waals surface area (Å²) in [5, 5.41) is 7.18. The van der Waals surface area contributed by atoms with Gasteiger partial charge in [-0.25, -0.2) is 0 Å². The summed E-state index contributed by atoms with van der Waals surface area (Å²) in [6, 6.07) is 29.0. The van der Waals surface area contributed by atoms with E-state index in [2.05, 4.69) is 74.6 Å². The predicted octanol–water partition coefficient (Wildman–Crippen LogP) is 5.30. The Morgan fingerprint density at radius 1 is 0.900 bits per heavy atom. The lowest BCUT2D eigenvalue weighted by Crippen LogP contribution is -2.35. The highest BCUT2D eigenvalue weighted by atomic mass is 32.1. The minimum Gasteiger partial charge on any atom is -0.359 e. The van der Waals surface area contributed by atoms with Crippen LogP contribution < -0.4 is 20.0 Å². The van der Waals surface area contributed by atoms with Gasteiger partial charge in [0.15, 0.2) is 5.11 Å². The average molecular weight is 435 g/mol. The first-order valence-electron chi connectivity index (χ1n) is 10.1. The lowest BCUT2D eigenvalue weighted by Gasteiger charge is -2.39. The standard InChI is InChI=1S/C23H23N4OPS/c30-23(25-18-9-3-1-4-10-18)24-17-22-20-13-7-8-14-21(20)27-16-15-26(29(27)28-22)19-11-5-2-6-12-19/h1-14,22H,15-17H2,(H2,24,25,30)/t22-,29?/m0/s1. The Kier molecular flexibility index (Phi) is 5.54. The van der Waals surface area contributed by atoms with Crippen LogP contribution in [0.4, 0.5) is 17.1 Å². The Labute approximate surface area is 183 Å². The summed E-state index contributed by atoms with van der Waals surface area (Å²) in [5.41, 5.74) is 4.66. The van der Waals surface area contributed by atoms with Gasteiger partial charge in [-0.1, -0.05) is 54.6 Å². The SMILES string of the molecule is S=C(NC[C@@H]1OP2N(c3ccccc3)CCN2c2ccccc21)Nc1ccccc1. The second-order valence-corrected chi connectivity index (χ2v) is 9.28. The maximum atomic E-state index is 6.67. The van der Waals surface area contributed by atoms with E-state index in [0.29, 0.717) is 11.7 Å². The highest BCUT2D eigenvalue weighted by Gasteiger charge is 2.42. The van der Waals surface area contributed by atoms with Crippen molar-refractivity contribution in [3.8, 4) is 0 Å². The first kappa shape index (κ1) is 19.3. The van der Waals surface area contributed by atoms with Gasteiger partial charge in [-0.3, -0.25) is 0 Å². The number of nitrogens with zero attached hydrogens (tertiary/aromatic N) is 2. The van der Waals surface area contributed by atoms with E-state index in [1.807, 2.05) is 30.3 Å². The highest BCUT2D eigenvalue weighted by Crippen LogP contribution is 2.60. The molecule has 0 saturated carbocycles. The lowest BCUT2D eigenvalue weighted by atomic mass is 10.1. The monoisotopic (exact) mass is 434 g/mol. The van der Waals surface area contributed by atoms with Crippen LogP contribution in [-0.2, 0) is 4.52 Å². The molecule has 5 nitrogen and oxygen atoms in total. The summed E-state index contributed by atoms with van der Waals surface area (Å²) < 4.78 is 11.5. The summed E-state index contributed by atoms with van der Waals surface area (Å²) in [6.45, 7) is 2.54. The van der Waals surface area contributed by atoms with Crippen molar-refractivity contribution < 1.29 is 4.52 Å².